The van der Waals surface area contributed by atoms with Gasteiger partial charge in [-0.15, -0.1) is 0 Å². The number of rotatable bonds is 4. The molecule has 0 bridgehead atoms. The minimum absolute atomic E-state index is 0.0313. The molecule has 1 aliphatic heterocycles. The normalized spacial score (nSPS) is 19.6. The molecule has 0 amide bonds. The van der Waals surface area contributed by atoms with Crippen LogP contribution in [0.3, 0.4) is 0 Å². The third kappa shape index (κ3) is 3.28. The molecule has 0 spiro atoms. The number of nitrogens with zero attached hydrogens (tertiary/aromatic N) is 1. The molecule has 120 valence electrons. The van der Waals surface area contributed by atoms with Crippen molar-refractivity contribution in [3.63, 3.8) is 0 Å². The number of carbonyl (C=O) groups excluding carboxylic acids is 1. The molecular formula is C14H17NO6S. The highest BCUT2D eigenvalue weighted by atomic mass is 32.2. The van der Waals surface area contributed by atoms with Crippen LogP contribution in [0.1, 0.15) is 23.2 Å². The summed E-state index contributed by atoms with van der Waals surface area (Å²) in [7, 11) is -2.52. The van der Waals surface area contributed by atoms with Gasteiger partial charge in [0.15, 0.2) is 0 Å². The van der Waals surface area contributed by atoms with Crippen LogP contribution in [0.2, 0.25) is 0 Å². The van der Waals surface area contributed by atoms with E-state index in [0.717, 1.165) is 0 Å². The fourth-order valence-electron chi connectivity index (χ4n) is 2.39. The molecule has 1 aromatic rings. The van der Waals surface area contributed by atoms with E-state index in [1.807, 2.05) is 0 Å². The zero-order valence-electron chi connectivity index (χ0n) is 12.1. The first-order valence-electron chi connectivity index (χ1n) is 6.77. The fraction of sp³-hybridized carbons (Fsp3) is 0.429. The van der Waals surface area contributed by atoms with E-state index in [-0.39, 0.29) is 17.0 Å². The van der Waals surface area contributed by atoms with E-state index in [1.54, 1.807) is 0 Å². The lowest BCUT2D eigenvalue weighted by Gasteiger charge is -2.29. The summed E-state index contributed by atoms with van der Waals surface area (Å²) in [6.07, 6.45) is 0.985. The smallest absolute Gasteiger partial charge is 0.337 e. The van der Waals surface area contributed by atoms with Gasteiger partial charge in [-0.1, -0.05) is 0 Å². The Morgan fingerprint density at radius 1 is 1.27 bits per heavy atom. The van der Waals surface area contributed by atoms with Crippen molar-refractivity contribution in [1.82, 2.24) is 4.31 Å². The number of benzene rings is 1. The minimum Gasteiger partial charge on any atom is -0.481 e. The number of ether oxygens (including phenoxy) is 1. The maximum atomic E-state index is 12.5. The van der Waals surface area contributed by atoms with Crippen LogP contribution < -0.4 is 0 Å². The zero-order chi connectivity index (χ0) is 16.3. The Labute approximate surface area is 128 Å². The van der Waals surface area contributed by atoms with Crippen LogP contribution >= 0.6 is 0 Å². The van der Waals surface area contributed by atoms with E-state index in [4.69, 9.17) is 5.11 Å². The SMILES string of the molecule is COC(=O)c1ccc(S(=O)(=O)N2CCCC(C(=O)O)C2)cc1. The molecule has 2 rings (SSSR count). The Morgan fingerprint density at radius 2 is 1.91 bits per heavy atom. The summed E-state index contributed by atoms with van der Waals surface area (Å²) in [4.78, 5) is 22.4. The first-order chi connectivity index (χ1) is 10.4. The predicted octanol–water partition coefficient (Wildman–Crippen LogP) is 0.958. The van der Waals surface area contributed by atoms with E-state index >= 15 is 0 Å². The summed E-state index contributed by atoms with van der Waals surface area (Å²) >= 11 is 0. The number of methoxy groups -OCH3 is 1. The third-order valence-electron chi connectivity index (χ3n) is 3.65. The van der Waals surface area contributed by atoms with Crippen LogP contribution in [-0.4, -0.2) is 50.0 Å². The van der Waals surface area contributed by atoms with Gasteiger partial charge in [0.1, 0.15) is 0 Å². The molecule has 1 aliphatic rings. The minimum atomic E-state index is -3.76. The molecule has 22 heavy (non-hydrogen) atoms. The van der Waals surface area contributed by atoms with Crippen molar-refractivity contribution in [2.45, 2.75) is 17.7 Å². The van der Waals surface area contributed by atoms with Gasteiger partial charge in [0.05, 0.1) is 23.5 Å². The molecule has 1 heterocycles. The second-order valence-corrected chi connectivity index (χ2v) is 6.99. The second kappa shape index (κ2) is 6.45. The van der Waals surface area contributed by atoms with Crippen LogP contribution in [0.4, 0.5) is 0 Å². The predicted molar refractivity (Wildman–Crippen MR) is 76.9 cm³/mol. The molecule has 0 aliphatic carbocycles. The van der Waals surface area contributed by atoms with Crippen LogP contribution in [0.15, 0.2) is 29.2 Å². The molecule has 0 saturated carbocycles. The molecule has 1 atom stereocenters. The molecule has 1 aromatic carbocycles. The molecular weight excluding hydrogens is 310 g/mol. The summed E-state index contributed by atoms with van der Waals surface area (Å²) in [6, 6.07) is 5.40. The van der Waals surface area contributed by atoms with Gasteiger partial charge in [-0.3, -0.25) is 4.79 Å². The lowest BCUT2D eigenvalue weighted by Crippen LogP contribution is -2.42. The molecule has 1 fully saturated rings. The van der Waals surface area contributed by atoms with Gasteiger partial charge in [-0.25, -0.2) is 13.2 Å². The molecule has 7 nitrogen and oxygen atoms in total. The first kappa shape index (κ1) is 16.4. The molecule has 1 saturated heterocycles. The van der Waals surface area contributed by atoms with Crippen molar-refractivity contribution in [3.8, 4) is 0 Å². The standard InChI is InChI=1S/C14H17NO6S/c1-21-14(18)10-4-6-12(7-5-10)22(19,20)15-8-2-3-11(9-15)13(16)17/h4-7,11H,2-3,8-9H2,1H3,(H,16,17). The van der Waals surface area contributed by atoms with Crippen molar-refractivity contribution in [3.05, 3.63) is 29.8 Å². The van der Waals surface area contributed by atoms with Crippen LogP contribution in [-0.2, 0) is 19.6 Å². The third-order valence-corrected chi connectivity index (χ3v) is 5.53. The van der Waals surface area contributed by atoms with Crippen molar-refractivity contribution in [1.29, 1.82) is 0 Å². The maximum absolute atomic E-state index is 12.5. The number of aliphatic carboxylic acids is 1. The Hall–Kier alpha value is -1.93. The van der Waals surface area contributed by atoms with E-state index in [1.165, 1.54) is 35.7 Å². The molecule has 1 N–H and O–H groups in total. The Balaban J connectivity index is 2.22. The first-order valence-corrected chi connectivity index (χ1v) is 8.21. The lowest BCUT2D eigenvalue weighted by molar-refractivity contribution is -0.142. The van der Waals surface area contributed by atoms with Crippen LogP contribution in [0, 0.1) is 5.92 Å². The quantitative estimate of drug-likeness (QED) is 0.827. The van der Waals surface area contributed by atoms with Crippen molar-refractivity contribution in [2.75, 3.05) is 20.2 Å². The molecule has 8 heteroatoms. The molecule has 0 radical (unpaired) electrons. The monoisotopic (exact) mass is 327 g/mol. The van der Waals surface area contributed by atoms with Crippen molar-refractivity contribution < 1.29 is 27.9 Å². The summed E-state index contributed by atoms with van der Waals surface area (Å²) < 4.78 is 30.8. The number of piperidine rings is 1. The Bertz CT molecular complexity index is 667. The van der Waals surface area contributed by atoms with Gasteiger partial charge in [0.25, 0.3) is 0 Å². The van der Waals surface area contributed by atoms with Gasteiger partial charge >= 0.3 is 11.9 Å². The number of hydrogen-bond acceptors (Lipinski definition) is 5. The highest BCUT2D eigenvalue weighted by Gasteiger charge is 2.33. The van der Waals surface area contributed by atoms with E-state index in [0.29, 0.717) is 19.4 Å². The number of carboxylic acids is 1. The topological polar surface area (TPSA) is 101 Å². The maximum Gasteiger partial charge on any atom is 0.337 e. The average molecular weight is 327 g/mol. The number of sulfonamides is 1. The Kier molecular flexibility index (Phi) is 4.82. The number of carbonyl (C=O) groups is 2. The fourth-order valence-corrected chi connectivity index (χ4v) is 3.92. The Morgan fingerprint density at radius 3 is 2.45 bits per heavy atom. The van der Waals surface area contributed by atoms with E-state index in [2.05, 4.69) is 4.74 Å². The lowest BCUT2D eigenvalue weighted by atomic mass is 10.0. The van der Waals surface area contributed by atoms with Crippen molar-refractivity contribution >= 4 is 22.0 Å². The second-order valence-electron chi connectivity index (χ2n) is 5.06. The van der Waals surface area contributed by atoms with Crippen LogP contribution in [0.5, 0.6) is 0 Å². The summed E-state index contributed by atoms with van der Waals surface area (Å²) in [5, 5.41) is 9.04. The highest BCUT2D eigenvalue weighted by molar-refractivity contribution is 7.89. The van der Waals surface area contributed by atoms with Crippen molar-refractivity contribution in [2.24, 2.45) is 5.92 Å². The summed E-state index contributed by atoms with van der Waals surface area (Å²) in [6.45, 7) is 0.265. The van der Waals surface area contributed by atoms with Gasteiger partial charge in [-0.2, -0.15) is 4.31 Å². The van der Waals surface area contributed by atoms with Crippen LogP contribution in [0.25, 0.3) is 0 Å². The van der Waals surface area contributed by atoms with E-state index in [9.17, 15) is 18.0 Å². The summed E-state index contributed by atoms with van der Waals surface area (Å²) in [5.41, 5.74) is 0.253. The van der Waals surface area contributed by atoms with Gasteiger partial charge < -0.3 is 9.84 Å². The van der Waals surface area contributed by atoms with Gasteiger partial charge in [0, 0.05) is 13.1 Å². The molecule has 0 aromatic heterocycles. The number of hydrogen-bond donors (Lipinski definition) is 1. The summed E-state index contributed by atoms with van der Waals surface area (Å²) in [5.74, 6) is -2.22. The average Bonchev–Trinajstić information content (AvgIpc) is 2.54. The zero-order valence-corrected chi connectivity index (χ0v) is 12.9. The van der Waals surface area contributed by atoms with Gasteiger partial charge in [-0.05, 0) is 37.1 Å². The molecule has 1 unspecified atom stereocenters. The van der Waals surface area contributed by atoms with E-state index < -0.39 is 27.9 Å². The van der Waals surface area contributed by atoms with Gasteiger partial charge in [0.2, 0.25) is 10.0 Å². The highest BCUT2D eigenvalue weighted by Crippen LogP contribution is 2.24. The number of carboxylic acid groups (broad SMARTS) is 1. The number of esters is 1. The largest absolute Gasteiger partial charge is 0.481 e.